The fourth-order valence-corrected chi connectivity index (χ4v) is 3.53. The lowest BCUT2D eigenvalue weighted by Crippen LogP contribution is -2.52. The Morgan fingerprint density at radius 3 is 2.00 bits per heavy atom. The number of hydrogen-bond acceptors (Lipinski definition) is 4. The van der Waals surface area contributed by atoms with Crippen molar-refractivity contribution < 1.29 is 14.0 Å². The monoisotopic (exact) mass is 330 g/mol. The van der Waals surface area contributed by atoms with Crippen LogP contribution in [0.5, 0.6) is 0 Å². The first-order chi connectivity index (χ1) is 9.80. The van der Waals surface area contributed by atoms with Gasteiger partial charge in [-0.05, 0) is 51.7 Å². The first-order valence-corrected chi connectivity index (χ1v) is 11.1. The predicted octanol–water partition coefficient (Wildman–Crippen LogP) is 3.91. The molecule has 0 unspecified atom stereocenters. The maximum absolute atomic E-state index is 11.8. The van der Waals surface area contributed by atoms with Gasteiger partial charge < -0.3 is 9.16 Å². The number of nitrogens with zero attached hydrogens (tertiary/aromatic N) is 1. The largest absolute Gasteiger partial charge is 0.443 e. The van der Waals surface area contributed by atoms with Crippen LogP contribution >= 0.6 is 0 Å². The van der Waals surface area contributed by atoms with Crippen LogP contribution in [0.2, 0.25) is 18.1 Å². The summed E-state index contributed by atoms with van der Waals surface area (Å²) in [6.45, 7) is 18.6. The summed E-state index contributed by atoms with van der Waals surface area (Å²) in [5, 5.41) is 2.17. The molecule has 1 rings (SSSR count). The van der Waals surface area contributed by atoms with Gasteiger partial charge in [0.25, 0.3) is 0 Å². The van der Waals surface area contributed by atoms with E-state index in [0.717, 1.165) is 25.9 Å². The summed E-state index contributed by atoms with van der Waals surface area (Å²) in [5.74, 6) is 0. The van der Waals surface area contributed by atoms with E-state index in [4.69, 9.17) is 9.16 Å². The first kappa shape index (κ1) is 19.5. The van der Waals surface area contributed by atoms with Gasteiger partial charge in [0.05, 0.1) is 0 Å². The summed E-state index contributed by atoms with van der Waals surface area (Å²) in [5.41, 5.74) is 2.35. The Morgan fingerprint density at radius 1 is 1.09 bits per heavy atom. The van der Waals surface area contributed by atoms with Crippen molar-refractivity contribution in [2.24, 2.45) is 0 Å². The van der Waals surface area contributed by atoms with Gasteiger partial charge in [0.15, 0.2) is 8.32 Å². The van der Waals surface area contributed by atoms with E-state index in [1.54, 1.807) is 0 Å². The number of piperidine rings is 1. The molecule has 6 heteroatoms. The second-order valence-electron chi connectivity index (χ2n) is 8.68. The molecule has 0 atom stereocenters. The second kappa shape index (κ2) is 6.89. The number of ether oxygens (including phenoxy) is 1. The molecule has 1 aliphatic rings. The molecular weight excluding hydrogens is 296 g/mol. The van der Waals surface area contributed by atoms with Gasteiger partial charge in [-0.2, -0.15) is 0 Å². The van der Waals surface area contributed by atoms with Crippen LogP contribution in [-0.4, -0.2) is 44.2 Å². The molecule has 0 bridgehead atoms. The van der Waals surface area contributed by atoms with E-state index in [-0.39, 0.29) is 11.1 Å². The molecule has 1 aliphatic heterocycles. The normalized spacial score (nSPS) is 19.1. The minimum Gasteiger partial charge on any atom is -0.443 e. The van der Waals surface area contributed by atoms with Crippen LogP contribution in [-0.2, 0) is 9.16 Å². The second-order valence-corrected chi connectivity index (χ2v) is 13.4. The maximum atomic E-state index is 11.8. The highest BCUT2D eigenvalue weighted by Crippen LogP contribution is 2.38. The summed E-state index contributed by atoms with van der Waals surface area (Å²) in [6, 6.07) is 0. The van der Waals surface area contributed by atoms with Gasteiger partial charge >= 0.3 is 6.09 Å². The zero-order valence-electron chi connectivity index (χ0n) is 15.6. The van der Waals surface area contributed by atoms with E-state index in [0.29, 0.717) is 6.10 Å². The average Bonchev–Trinajstić information content (AvgIpc) is 2.27. The quantitative estimate of drug-likeness (QED) is 0.797. The van der Waals surface area contributed by atoms with Crippen LogP contribution in [0.3, 0.4) is 0 Å². The SMILES string of the molecule is CC(C)(C)OC(=O)NN1CCC(O[Si](C)(C)C(C)(C)C)CC1. The Bertz CT molecular complexity index is 378. The number of hydrogen-bond donors (Lipinski definition) is 1. The van der Waals surface area contributed by atoms with Crippen molar-refractivity contribution >= 4 is 14.4 Å². The molecule has 0 aliphatic carbocycles. The van der Waals surface area contributed by atoms with E-state index in [1.807, 2.05) is 25.8 Å². The maximum Gasteiger partial charge on any atom is 0.422 e. The summed E-state index contributed by atoms with van der Waals surface area (Å²) < 4.78 is 11.7. The highest BCUT2D eigenvalue weighted by atomic mass is 28.4. The van der Waals surface area contributed by atoms with Crippen molar-refractivity contribution in [2.45, 2.75) is 84.2 Å². The smallest absolute Gasteiger partial charge is 0.422 e. The van der Waals surface area contributed by atoms with E-state index in [9.17, 15) is 4.79 Å². The lowest BCUT2D eigenvalue weighted by atomic mass is 10.1. The van der Waals surface area contributed by atoms with Crippen LogP contribution in [0.25, 0.3) is 0 Å². The Morgan fingerprint density at radius 2 is 1.59 bits per heavy atom. The van der Waals surface area contributed by atoms with Gasteiger partial charge in [0.2, 0.25) is 0 Å². The fourth-order valence-electron chi connectivity index (χ4n) is 2.11. The van der Waals surface area contributed by atoms with E-state index in [1.165, 1.54) is 0 Å². The van der Waals surface area contributed by atoms with Crippen molar-refractivity contribution in [1.29, 1.82) is 0 Å². The first-order valence-electron chi connectivity index (χ1n) is 8.22. The molecule has 0 saturated carbocycles. The van der Waals surface area contributed by atoms with Crippen molar-refractivity contribution in [2.75, 3.05) is 13.1 Å². The minimum atomic E-state index is -1.71. The van der Waals surface area contributed by atoms with Crippen LogP contribution < -0.4 is 5.43 Å². The van der Waals surface area contributed by atoms with Crippen molar-refractivity contribution in [3.63, 3.8) is 0 Å². The van der Waals surface area contributed by atoms with Gasteiger partial charge in [-0.1, -0.05) is 20.8 Å². The molecule has 0 aromatic heterocycles. The third kappa shape index (κ3) is 6.26. The zero-order valence-corrected chi connectivity index (χ0v) is 16.6. The highest BCUT2D eigenvalue weighted by Gasteiger charge is 2.39. The van der Waals surface area contributed by atoms with Crippen LogP contribution in [0.1, 0.15) is 54.4 Å². The molecule has 1 fully saturated rings. The number of amides is 1. The zero-order chi connectivity index (χ0) is 17.2. The lowest BCUT2D eigenvalue weighted by molar-refractivity contribution is 0.0175. The van der Waals surface area contributed by atoms with Crippen molar-refractivity contribution in [3.8, 4) is 0 Å². The third-order valence-corrected chi connectivity index (χ3v) is 8.89. The van der Waals surface area contributed by atoms with E-state index in [2.05, 4.69) is 39.3 Å². The molecule has 1 saturated heterocycles. The molecule has 130 valence electrons. The Balaban J connectivity index is 2.40. The molecule has 0 spiro atoms. The van der Waals surface area contributed by atoms with Gasteiger partial charge in [0, 0.05) is 19.2 Å². The molecule has 0 aromatic carbocycles. The fraction of sp³-hybridized carbons (Fsp3) is 0.938. The van der Waals surface area contributed by atoms with Gasteiger partial charge in [-0.25, -0.2) is 9.80 Å². The lowest BCUT2D eigenvalue weighted by Gasteiger charge is -2.41. The standard InChI is InChI=1S/C16H34N2O3Si/c1-15(2,3)20-14(19)17-18-11-9-13(10-12-18)21-22(7,8)16(4,5)6/h13H,9-12H2,1-8H3,(H,17,19). The topological polar surface area (TPSA) is 50.8 Å². The van der Waals surface area contributed by atoms with Gasteiger partial charge in [0.1, 0.15) is 5.60 Å². The number of nitrogens with one attached hydrogen (secondary N) is 1. The number of hydrazine groups is 1. The van der Waals surface area contributed by atoms with Crippen LogP contribution in [0, 0.1) is 0 Å². The van der Waals surface area contributed by atoms with Gasteiger partial charge in [-0.3, -0.25) is 5.43 Å². The van der Waals surface area contributed by atoms with Crippen LogP contribution in [0.4, 0.5) is 4.79 Å². The number of carbonyl (C=O) groups excluding carboxylic acids is 1. The summed E-state index contributed by atoms with van der Waals surface area (Å²) in [4.78, 5) is 11.8. The average molecular weight is 331 g/mol. The molecular formula is C16H34N2O3Si. The molecule has 1 amide bonds. The third-order valence-electron chi connectivity index (χ3n) is 4.36. The predicted molar refractivity (Wildman–Crippen MR) is 92.2 cm³/mol. The Kier molecular flexibility index (Phi) is 6.09. The van der Waals surface area contributed by atoms with Crippen LogP contribution in [0.15, 0.2) is 0 Å². The molecule has 22 heavy (non-hydrogen) atoms. The van der Waals surface area contributed by atoms with Gasteiger partial charge in [-0.15, -0.1) is 0 Å². The molecule has 5 nitrogen and oxygen atoms in total. The molecule has 0 aromatic rings. The van der Waals surface area contributed by atoms with Crippen molar-refractivity contribution in [1.82, 2.24) is 10.4 Å². The molecule has 0 radical (unpaired) electrons. The highest BCUT2D eigenvalue weighted by molar-refractivity contribution is 6.74. The molecule has 1 heterocycles. The van der Waals surface area contributed by atoms with Crippen molar-refractivity contribution in [3.05, 3.63) is 0 Å². The Labute approximate surface area is 136 Å². The summed E-state index contributed by atoms with van der Waals surface area (Å²) in [6.07, 6.45) is 1.82. The number of rotatable bonds is 3. The van der Waals surface area contributed by atoms with E-state index < -0.39 is 13.9 Å². The molecule has 1 N–H and O–H groups in total. The van der Waals surface area contributed by atoms with E-state index >= 15 is 0 Å². The summed E-state index contributed by atoms with van der Waals surface area (Å²) in [7, 11) is -1.71. The Hall–Kier alpha value is -0.593. The summed E-state index contributed by atoms with van der Waals surface area (Å²) >= 11 is 0. The minimum absolute atomic E-state index is 0.235. The number of carbonyl (C=O) groups is 1.